The third-order valence-electron chi connectivity index (χ3n) is 3.64. The number of hydrogen-bond donors (Lipinski definition) is 0. The highest BCUT2D eigenvalue weighted by molar-refractivity contribution is 7.80. The first kappa shape index (κ1) is 18.7. The molecule has 1 fully saturated rings. The Morgan fingerprint density at radius 2 is 2.00 bits per heavy atom. The molecule has 0 atom stereocenters. The summed E-state index contributed by atoms with van der Waals surface area (Å²) in [5, 5.41) is 0.250. The number of esters is 1. The Labute approximate surface area is 151 Å². The minimum absolute atomic E-state index is 0.134. The van der Waals surface area contributed by atoms with Gasteiger partial charge in [0, 0.05) is 7.05 Å². The molecule has 1 saturated heterocycles. The van der Waals surface area contributed by atoms with E-state index in [1.54, 1.807) is 38.4 Å². The molecule has 0 radical (unpaired) electrons. The molecular weight excluding hydrogens is 344 g/mol. The van der Waals surface area contributed by atoms with E-state index in [1.807, 2.05) is 6.92 Å². The Morgan fingerprint density at radius 3 is 2.60 bits per heavy atom. The van der Waals surface area contributed by atoms with Gasteiger partial charge in [0.15, 0.2) is 16.6 Å². The van der Waals surface area contributed by atoms with E-state index in [0.29, 0.717) is 23.8 Å². The summed E-state index contributed by atoms with van der Waals surface area (Å²) < 4.78 is 15.5. The summed E-state index contributed by atoms with van der Waals surface area (Å²) in [6.07, 6.45) is 1.65. The highest BCUT2D eigenvalue weighted by Crippen LogP contribution is 2.30. The van der Waals surface area contributed by atoms with Crippen LogP contribution < -0.4 is 9.47 Å². The van der Waals surface area contributed by atoms with E-state index in [0.717, 1.165) is 5.56 Å². The fourth-order valence-corrected chi connectivity index (χ4v) is 2.60. The van der Waals surface area contributed by atoms with Gasteiger partial charge in [-0.25, -0.2) is 0 Å². The van der Waals surface area contributed by atoms with Crippen molar-refractivity contribution in [3.05, 3.63) is 29.5 Å². The summed E-state index contributed by atoms with van der Waals surface area (Å²) in [7, 11) is 4.39. The van der Waals surface area contributed by atoms with Crippen LogP contribution in [0.15, 0.2) is 23.9 Å². The molecular formula is C17H20N2O5S. The zero-order chi connectivity index (χ0) is 18.6. The lowest BCUT2D eigenvalue weighted by Gasteiger charge is -2.17. The maximum atomic E-state index is 12.4. The van der Waals surface area contributed by atoms with Crippen LogP contribution >= 0.6 is 12.2 Å². The highest BCUT2D eigenvalue weighted by Gasteiger charge is 2.36. The molecule has 0 aromatic heterocycles. The van der Waals surface area contributed by atoms with Crippen LogP contribution in [-0.4, -0.2) is 61.2 Å². The third-order valence-corrected chi connectivity index (χ3v) is 4.13. The normalized spacial score (nSPS) is 15.8. The van der Waals surface area contributed by atoms with Crippen LogP contribution in [0.2, 0.25) is 0 Å². The third kappa shape index (κ3) is 3.90. The van der Waals surface area contributed by atoms with Gasteiger partial charge in [-0.1, -0.05) is 6.07 Å². The Kier molecular flexibility index (Phi) is 5.97. The fourth-order valence-electron chi connectivity index (χ4n) is 2.35. The first-order valence-corrected chi connectivity index (χ1v) is 8.02. The van der Waals surface area contributed by atoms with Crippen LogP contribution in [0, 0.1) is 0 Å². The van der Waals surface area contributed by atoms with Crippen molar-refractivity contribution in [3.8, 4) is 11.5 Å². The van der Waals surface area contributed by atoms with E-state index in [1.165, 1.54) is 16.9 Å². The molecule has 0 aliphatic carbocycles. The maximum absolute atomic E-state index is 12.4. The first-order chi connectivity index (χ1) is 11.9. The Balaban J connectivity index is 2.40. The maximum Gasteiger partial charge on any atom is 0.325 e. The van der Waals surface area contributed by atoms with Crippen LogP contribution in [0.3, 0.4) is 0 Å². The Morgan fingerprint density at radius 1 is 1.28 bits per heavy atom. The molecule has 1 heterocycles. The number of hydrogen-bond acceptors (Lipinski definition) is 6. The standard InChI is InChI=1S/C17H20N2O5S/c1-5-24-13-7-6-11(9-14(13)22-3)8-12-16(21)18(2)17(25)19(12)10-15(20)23-4/h6-9H,5,10H2,1-4H3. The molecule has 0 N–H and O–H groups in total. The number of likely N-dealkylation sites (N-methyl/N-ethyl adjacent to an activating group) is 1. The van der Waals surface area contributed by atoms with Gasteiger partial charge in [0.1, 0.15) is 12.2 Å². The van der Waals surface area contributed by atoms with Crippen molar-refractivity contribution in [2.75, 3.05) is 34.4 Å². The number of ether oxygens (including phenoxy) is 3. The van der Waals surface area contributed by atoms with Crippen molar-refractivity contribution < 1.29 is 23.8 Å². The van der Waals surface area contributed by atoms with Gasteiger partial charge < -0.3 is 19.1 Å². The first-order valence-electron chi connectivity index (χ1n) is 7.61. The summed E-state index contributed by atoms with van der Waals surface area (Å²) in [6, 6.07) is 5.31. The van der Waals surface area contributed by atoms with E-state index < -0.39 is 5.97 Å². The monoisotopic (exact) mass is 364 g/mol. The lowest BCUT2D eigenvalue weighted by Crippen LogP contribution is -2.33. The number of carbonyl (C=O) groups is 2. The zero-order valence-corrected chi connectivity index (χ0v) is 15.4. The second-order valence-corrected chi connectivity index (χ2v) is 5.55. The smallest absolute Gasteiger partial charge is 0.325 e. The van der Waals surface area contributed by atoms with Crippen LogP contribution in [0.25, 0.3) is 6.08 Å². The van der Waals surface area contributed by atoms with Gasteiger partial charge in [0.2, 0.25) is 0 Å². The van der Waals surface area contributed by atoms with Crippen molar-refractivity contribution in [2.45, 2.75) is 6.92 Å². The van der Waals surface area contributed by atoms with E-state index in [9.17, 15) is 9.59 Å². The van der Waals surface area contributed by atoms with E-state index >= 15 is 0 Å². The van der Waals surface area contributed by atoms with Crippen LogP contribution in [0.1, 0.15) is 12.5 Å². The van der Waals surface area contributed by atoms with Gasteiger partial charge in [-0.3, -0.25) is 14.5 Å². The number of benzene rings is 1. The van der Waals surface area contributed by atoms with Gasteiger partial charge in [-0.05, 0) is 42.9 Å². The highest BCUT2D eigenvalue weighted by atomic mass is 32.1. The Hall–Kier alpha value is -2.61. The topological polar surface area (TPSA) is 68.3 Å². The summed E-state index contributed by atoms with van der Waals surface area (Å²) >= 11 is 5.24. The number of amides is 1. The van der Waals surface area contributed by atoms with E-state index in [2.05, 4.69) is 4.74 Å². The number of nitrogens with zero attached hydrogens (tertiary/aromatic N) is 2. The average molecular weight is 364 g/mol. The van der Waals surface area contributed by atoms with E-state index in [-0.39, 0.29) is 17.6 Å². The van der Waals surface area contributed by atoms with E-state index in [4.69, 9.17) is 21.7 Å². The molecule has 0 bridgehead atoms. The van der Waals surface area contributed by atoms with Crippen LogP contribution in [0.4, 0.5) is 0 Å². The molecule has 1 aliphatic rings. The molecule has 1 aliphatic heterocycles. The molecule has 8 heteroatoms. The Bertz CT molecular complexity index is 732. The summed E-state index contributed by atoms with van der Waals surface area (Å²) in [5.74, 6) is 0.392. The lowest BCUT2D eigenvalue weighted by molar-refractivity contribution is -0.140. The number of methoxy groups -OCH3 is 2. The number of thiocarbonyl (C=S) groups is 1. The zero-order valence-electron chi connectivity index (χ0n) is 14.6. The van der Waals surface area contributed by atoms with Gasteiger partial charge in [0.25, 0.3) is 5.91 Å². The van der Waals surface area contributed by atoms with Crippen molar-refractivity contribution in [1.82, 2.24) is 9.80 Å². The number of carbonyl (C=O) groups excluding carboxylic acids is 2. The number of rotatable bonds is 6. The SMILES string of the molecule is CCOc1ccc(C=C2C(=O)N(C)C(=S)N2CC(=O)OC)cc1OC. The predicted molar refractivity (Wildman–Crippen MR) is 96.2 cm³/mol. The molecule has 1 aromatic carbocycles. The molecule has 1 aromatic rings. The summed E-state index contributed by atoms with van der Waals surface area (Å²) in [6.45, 7) is 2.26. The molecule has 25 heavy (non-hydrogen) atoms. The molecule has 0 spiro atoms. The minimum atomic E-state index is -0.486. The van der Waals surface area contributed by atoms with Crippen molar-refractivity contribution in [2.24, 2.45) is 0 Å². The van der Waals surface area contributed by atoms with Crippen molar-refractivity contribution in [1.29, 1.82) is 0 Å². The second-order valence-electron chi connectivity index (χ2n) is 5.18. The van der Waals surface area contributed by atoms with Gasteiger partial charge in [-0.2, -0.15) is 0 Å². The molecule has 0 saturated carbocycles. The summed E-state index contributed by atoms with van der Waals surface area (Å²) in [4.78, 5) is 26.8. The molecule has 7 nitrogen and oxygen atoms in total. The van der Waals surface area contributed by atoms with Crippen molar-refractivity contribution in [3.63, 3.8) is 0 Å². The minimum Gasteiger partial charge on any atom is -0.493 e. The molecule has 0 unspecified atom stereocenters. The van der Waals surface area contributed by atoms with Gasteiger partial charge in [0.05, 0.1) is 20.8 Å². The quantitative estimate of drug-likeness (QED) is 0.432. The van der Waals surface area contributed by atoms with Gasteiger partial charge >= 0.3 is 5.97 Å². The largest absolute Gasteiger partial charge is 0.493 e. The lowest BCUT2D eigenvalue weighted by atomic mass is 10.1. The molecule has 1 amide bonds. The predicted octanol–water partition coefficient (Wildman–Crippen LogP) is 1.67. The van der Waals surface area contributed by atoms with Gasteiger partial charge in [-0.15, -0.1) is 0 Å². The molecule has 2 rings (SSSR count). The molecule has 134 valence electrons. The second kappa shape index (κ2) is 7.98. The summed E-state index contributed by atoms with van der Waals surface area (Å²) in [5.41, 5.74) is 1.01. The fraction of sp³-hybridized carbons (Fsp3) is 0.353. The van der Waals surface area contributed by atoms with Crippen LogP contribution in [-0.2, 0) is 14.3 Å². The average Bonchev–Trinajstić information content (AvgIpc) is 2.81. The van der Waals surface area contributed by atoms with Crippen LogP contribution in [0.5, 0.6) is 11.5 Å². The van der Waals surface area contributed by atoms with Crippen molar-refractivity contribution >= 4 is 35.3 Å².